The fourth-order valence-corrected chi connectivity index (χ4v) is 1.49. The van der Waals surface area contributed by atoms with Crippen LogP contribution in [-0.4, -0.2) is 10.3 Å². The van der Waals surface area contributed by atoms with Crippen molar-refractivity contribution in [3.8, 4) is 11.3 Å². The second kappa shape index (κ2) is 4.00. The summed E-state index contributed by atoms with van der Waals surface area (Å²) in [7, 11) is 0. The van der Waals surface area contributed by atoms with E-state index < -0.39 is 6.61 Å². The molecular weight excluding hydrogens is 264 g/mol. The minimum Gasteiger partial charge on any atom is -0.388 e. The zero-order chi connectivity index (χ0) is 10.8. The van der Waals surface area contributed by atoms with Crippen molar-refractivity contribution < 1.29 is 14.6 Å². The lowest BCUT2D eigenvalue weighted by Gasteiger charge is -1.95. The zero-order valence-corrected chi connectivity index (χ0v) is 9.14. The van der Waals surface area contributed by atoms with Gasteiger partial charge in [-0.15, -0.1) is 0 Å². The van der Waals surface area contributed by atoms with Gasteiger partial charge in [0.15, 0.2) is 0 Å². The van der Waals surface area contributed by atoms with Crippen molar-refractivity contribution in [1.29, 1.82) is 0 Å². The Morgan fingerprint density at radius 3 is 2.67 bits per heavy atom. The first-order chi connectivity index (χ1) is 7.22. The van der Waals surface area contributed by atoms with E-state index in [9.17, 15) is 5.21 Å². The van der Waals surface area contributed by atoms with E-state index in [1.807, 2.05) is 12.1 Å². The summed E-state index contributed by atoms with van der Waals surface area (Å²) >= 11 is 3.30. The smallest absolute Gasteiger partial charge is 0.253 e. The van der Waals surface area contributed by atoms with Crippen LogP contribution in [0, 0.1) is 5.21 Å². The first-order valence-corrected chi connectivity index (χ1v) is 4.97. The van der Waals surface area contributed by atoms with E-state index in [4.69, 9.17) is 5.11 Å². The zero-order valence-electron chi connectivity index (χ0n) is 7.55. The molecule has 1 aromatic carbocycles. The quantitative estimate of drug-likeness (QED) is 0.834. The molecular formula is C9H7BrN2O3. The monoisotopic (exact) mass is 270 g/mol. The Morgan fingerprint density at radius 1 is 1.40 bits per heavy atom. The third-order valence-electron chi connectivity index (χ3n) is 1.97. The summed E-state index contributed by atoms with van der Waals surface area (Å²) in [6, 6.07) is 7.20. The Morgan fingerprint density at radius 2 is 2.07 bits per heavy atom. The van der Waals surface area contributed by atoms with Gasteiger partial charge in [-0.05, 0) is 29.2 Å². The lowest BCUT2D eigenvalue weighted by Crippen LogP contribution is -2.28. The molecule has 0 saturated heterocycles. The van der Waals surface area contributed by atoms with E-state index in [-0.39, 0.29) is 10.6 Å². The largest absolute Gasteiger partial charge is 0.388 e. The first-order valence-electron chi connectivity index (χ1n) is 4.18. The molecule has 0 aliphatic heterocycles. The number of hydrogen-bond donors (Lipinski definition) is 1. The molecule has 2 rings (SSSR count). The van der Waals surface area contributed by atoms with Crippen molar-refractivity contribution in [2.75, 3.05) is 0 Å². The van der Waals surface area contributed by atoms with Gasteiger partial charge >= 0.3 is 0 Å². The summed E-state index contributed by atoms with van der Waals surface area (Å²) in [6.45, 7) is -0.404. The normalized spacial score (nSPS) is 10.5. The van der Waals surface area contributed by atoms with Crippen LogP contribution in [-0.2, 0) is 6.61 Å². The molecule has 0 saturated carbocycles. The lowest BCUT2D eigenvalue weighted by atomic mass is 10.1. The summed E-state index contributed by atoms with van der Waals surface area (Å²) in [5.41, 5.74) is 1.19. The molecule has 78 valence electrons. The van der Waals surface area contributed by atoms with Crippen LogP contribution in [0.4, 0.5) is 0 Å². The average molecular weight is 271 g/mol. The van der Waals surface area contributed by atoms with Gasteiger partial charge in [0.2, 0.25) is 5.69 Å². The first kappa shape index (κ1) is 10.1. The highest BCUT2D eigenvalue weighted by molar-refractivity contribution is 9.10. The number of aliphatic hydroxyl groups excluding tert-OH is 1. The number of rotatable bonds is 2. The van der Waals surface area contributed by atoms with Crippen LogP contribution in [0.2, 0.25) is 0 Å². The summed E-state index contributed by atoms with van der Waals surface area (Å²) < 4.78 is 5.34. The summed E-state index contributed by atoms with van der Waals surface area (Å²) in [4.78, 5) is 0.206. The van der Waals surface area contributed by atoms with Gasteiger partial charge in [0.05, 0.1) is 0 Å². The Kier molecular flexibility index (Phi) is 2.70. The van der Waals surface area contributed by atoms with Crippen molar-refractivity contribution in [2.24, 2.45) is 0 Å². The Labute approximate surface area is 93.6 Å². The molecule has 0 aliphatic carbocycles. The van der Waals surface area contributed by atoms with E-state index in [1.54, 1.807) is 12.1 Å². The van der Waals surface area contributed by atoms with Gasteiger partial charge in [-0.3, -0.25) is 4.63 Å². The number of aromatic nitrogens is 2. The van der Waals surface area contributed by atoms with Crippen molar-refractivity contribution in [1.82, 2.24) is 5.16 Å². The van der Waals surface area contributed by atoms with E-state index >= 15 is 0 Å². The highest BCUT2D eigenvalue weighted by Crippen LogP contribution is 2.21. The summed E-state index contributed by atoms with van der Waals surface area (Å²) in [5.74, 6) is 0. The van der Waals surface area contributed by atoms with Gasteiger partial charge in [-0.2, -0.15) is 0 Å². The van der Waals surface area contributed by atoms with E-state index in [0.717, 1.165) is 10.0 Å². The van der Waals surface area contributed by atoms with Gasteiger partial charge in [-0.25, -0.2) is 0 Å². The van der Waals surface area contributed by atoms with Crippen molar-refractivity contribution in [3.63, 3.8) is 0 Å². The van der Waals surface area contributed by atoms with Gasteiger partial charge in [-0.1, -0.05) is 15.9 Å². The number of halogens is 1. The molecule has 1 heterocycles. The van der Waals surface area contributed by atoms with Gasteiger partial charge in [0.25, 0.3) is 5.69 Å². The second-order valence-electron chi connectivity index (χ2n) is 2.89. The Balaban J connectivity index is 2.49. The van der Waals surface area contributed by atoms with Crippen molar-refractivity contribution in [2.45, 2.75) is 6.61 Å². The standard InChI is InChI=1S/C9H7BrN2O3/c10-7-3-1-6(2-4-7)9-8(5-13)12(14)15-11-9/h1-4,13H,5H2. The molecule has 0 fully saturated rings. The van der Waals surface area contributed by atoms with Crippen LogP contribution in [0.3, 0.4) is 0 Å². The lowest BCUT2D eigenvalue weighted by molar-refractivity contribution is -0.809. The van der Waals surface area contributed by atoms with Crippen molar-refractivity contribution >= 4 is 15.9 Å². The molecule has 0 spiro atoms. The number of hydrogen-bond acceptors (Lipinski definition) is 4. The van der Waals surface area contributed by atoms with Crippen LogP contribution in [0.5, 0.6) is 0 Å². The highest BCUT2D eigenvalue weighted by Gasteiger charge is 2.19. The Hall–Kier alpha value is -1.40. The third kappa shape index (κ3) is 1.86. The molecule has 0 amide bonds. The van der Waals surface area contributed by atoms with E-state index in [2.05, 4.69) is 25.7 Å². The van der Waals surface area contributed by atoms with Gasteiger partial charge in [0.1, 0.15) is 6.61 Å². The maximum atomic E-state index is 11.0. The van der Waals surface area contributed by atoms with Crippen LogP contribution in [0.1, 0.15) is 5.69 Å². The third-order valence-corrected chi connectivity index (χ3v) is 2.50. The predicted octanol–water partition coefficient (Wildman–Crippen LogP) is 1.23. The number of benzene rings is 1. The fourth-order valence-electron chi connectivity index (χ4n) is 1.23. The fraction of sp³-hybridized carbons (Fsp3) is 0.111. The molecule has 5 nitrogen and oxygen atoms in total. The highest BCUT2D eigenvalue weighted by atomic mass is 79.9. The van der Waals surface area contributed by atoms with E-state index in [0.29, 0.717) is 5.69 Å². The molecule has 0 aliphatic rings. The number of nitrogens with zero attached hydrogens (tertiary/aromatic N) is 2. The van der Waals surface area contributed by atoms with Crippen molar-refractivity contribution in [3.05, 3.63) is 39.6 Å². The van der Waals surface area contributed by atoms with Gasteiger partial charge in [0, 0.05) is 15.2 Å². The maximum absolute atomic E-state index is 11.0. The van der Waals surface area contributed by atoms with Crippen LogP contribution in [0.15, 0.2) is 33.4 Å². The second-order valence-corrected chi connectivity index (χ2v) is 3.81. The van der Waals surface area contributed by atoms with Gasteiger partial charge < -0.3 is 10.3 Å². The average Bonchev–Trinajstić information content (AvgIpc) is 2.61. The van der Waals surface area contributed by atoms with Crippen LogP contribution < -0.4 is 4.90 Å². The minimum atomic E-state index is -0.404. The molecule has 15 heavy (non-hydrogen) atoms. The molecule has 2 aromatic rings. The maximum Gasteiger partial charge on any atom is 0.253 e. The molecule has 0 bridgehead atoms. The molecule has 1 aromatic heterocycles. The minimum absolute atomic E-state index is 0.109. The summed E-state index contributed by atoms with van der Waals surface area (Å²) in [5, 5.41) is 23.6. The van der Waals surface area contributed by atoms with E-state index in [1.165, 1.54) is 0 Å². The molecule has 0 atom stereocenters. The molecule has 6 heteroatoms. The molecule has 0 radical (unpaired) electrons. The Bertz CT molecular complexity index is 467. The molecule has 0 unspecified atom stereocenters. The topological polar surface area (TPSA) is 73.2 Å². The predicted molar refractivity (Wildman–Crippen MR) is 54.5 cm³/mol. The summed E-state index contributed by atoms with van der Waals surface area (Å²) in [6.07, 6.45) is 0. The molecule has 1 N–H and O–H groups in total. The SMILES string of the molecule is [O-][n+]1onc(-c2ccc(Br)cc2)c1CO. The number of aliphatic hydroxyl groups is 1. The van der Waals surface area contributed by atoms with Crippen LogP contribution in [0.25, 0.3) is 11.3 Å². The van der Waals surface area contributed by atoms with Crippen LogP contribution >= 0.6 is 15.9 Å².